The van der Waals surface area contributed by atoms with Gasteiger partial charge in [-0.05, 0) is 26.2 Å². The molecule has 0 aromatic heterocycles. The van der Waals surface area contributed by atoms with Gasteiger partial charge in [0.2, 0.25) is 0 Å². The highest BCUT2D eigenvalue weighted by Gasteiger charge is 2.24. The lowest BCUT2D eigenvalue weighted by atomic mass is 9.93. The second-order valence-electron chi connectivity index (χ2n) is 5.81. The van der Waals surface area contributed by atoms with E-state index in [1.807, 2.05) is 6.92 Å². The average Bonchev–Trinajstić information content (AvgIpc) is 2.52. The summed E-state index contributed by atoms with van der Waals surface area (Å²) in [5.41, 5.74) is -0.685. The Morgan fingerprint density at radius 2 is 1.74 bits per heavy atom. The lowest BCUT2D eigenvalue weighted by Gasteiger charge is -2.26. The van der Waals surface area contributed by atoms with Gasteiger partial charge >= 0.3 is 0 Å². The fourth-order valence-electron chi connectivity index (χ4n) is 2.41. The van der Waals surface area contributed by atoms with Crippen molar-refractivity contribution in [1.82, 2.24) is 10.6 Å². The summed E-state index contributed by atoms with van der Waals surface area (Å²) in [6.45, 7) is 10.2. The average molecular weight is 332 g/mol. The molecule has 0 saturated heterocycles. The number of ether oxygens (including phenoxy) is 2. The minimum Gasteiger partial charge on any atom is -0.388 e. The van der Waals surface area contributed by atoms with Gasteiger partial charge in [-0.15, -0.1) is 0 Å². The Morgan fingerprint density at radius 3 is 2.30 bits per heavy atom. The Hall–Kier alpha value is -0.850. The van der Waals surface area contributed by atoms with Crippen LogP contribution >= 0.6 is 0 Å². The van der Waals surface area contributed by atoms with Gasteiger partial charge in [-0.1, -0.05) is 26.7 Å². The molecule has 0 saturated carbocycles. The van der Waals surface area contributed by atoms with E-state index in [2.05, 4.69) is 29.5 Å². The molecular weight excluding hydrogens is 294 g/mol. The van der Waals surface area contributed by atoms with Gasteiger partial charge in [0.15, 0.2) is 5.96 Å². The summed E-state index contributed by atoms with van der Waals surface area (Å²) < 4.78 is 10.4. The van der Waals surface area contributed by atoms with Crippen molar-refractivity contribution in [2.45, 2.75) is 58.5 Å². The first-order valence-electron chi connectivity index (χ1n) is 8.93. The summed E-state index contributed by atoms with van der Waals surface area (Å²) in [5.74, 6) is 0.759. The van der Waals surface area contributed by atoms with E-state index >= 15 is 0 Å². The minimum atomic E-state index is -0.685. The summed E-state index contributed by atoms with van der Waals surface area (Å²) in [5, 5.41) is 17.1. The molecule has 0 atom stereocenters. The predicted octanol–water partition coefficient (Wildman–Crippen LogP) is 1.93. The van der Waals surface area contributed by atoms with Crippen LogP contribution in [-0.2, 0) is 9.47 Å². The number of methoxy groups -OCH3 is 1. The van der Waals surface area contributed by atoms with E-state index in [0.717, 1.165) is 51.2 Å². The number of aliphatic hydroxyl groups is 1. The largest absolute Gasteiger partial charge is 0.388 e. The van der Waals surface area contributed by atoms with Gasteiger partial charge in [-0.3, -0.25) is 4.99 Å². The highest BCUT2D eigenvalue weighted by atomic mass is 16.5. The molecule has 0 aliphatic carbocycles. The summed E-state index contributed by atoms with van der Waals surface area (Å²) in [4.78, 5) is 4.55. The zero-order chi connectivity index (χ0) is 17.4. The van der Waals surface area contributed by atoms with Gasteiger partial charge in [0.05, 0.1) is 25.4 Å². The lowest BCUT2D eigenvalue weighted by molar-refractivity contribution is 0.0306. The molecule has 0 aromatic carbocycles. The Balaban J connectivity index is 4.20. The third kappa shape index (κ3) is 12.3. The molecule has 0 aliphatic rings. The molecule has 0 bridgehead atoms. The van der Waals surface area contributed by atoms with E-state index in [1.54, 1.807) is 7.11 Å². The molecule has 0 amide bonds. The van der Waals surface area contributed by atoms with E-state index in [-0.39, 0.29) is 0 Å². The van der Waals surface area contributed by atoms with E-state index in [4.69, 9.17) is 9.47 Å². The fraction of sp³-hybridized carbons (Fsp3) is 0.941. The Bertz CT molecular complexity index is 293. The van der Waals surface area contributed by atoms with E-state index < -0.39 is 5.60 Å². The molecular formula is C17H37N3O3. The lowest BCUT2D eigenvalue weighted by Crippen LogP contribution is -2.40. The van der Waals surface area contributed by atoms with Crippen LogP contribution in [-0.4, -0.2) is 63.2 Å². The van der Waals surface area contributed by atoms with Crippen molar-refractivity contribution in [3.8, 4) is 0 Å². The topological polar surface area (TPSA) is 75.1 Å². The SMILES string of the molecule is CCCC(O)(CCC)CN=C(NCC)NCCCOCCOC. The van der Waals surface area contributed by atoms with Gasteiger partial charge in [0.1, 0.15) is 0 Å². The standard InChI is InChI=1S/C17H37N3O3/c1-5-9-17(21,10-6-2)15-20-16(18-7-3)19-11-8-12-23-14-13-22-4/h21H,5-15H2,1-4H3,(H2,18,19,20). The number of guanidine groups is 1. The molecule has 0 unspecified atom stereocenters. The molecule has 0 spiro atoms. The molecule has 0 rings (SSSR count). The summed E-state index contributed by atoms with van der Waals surface area (Å²) in [6.07, 6.45) is 4.42. The second-order valence-corrected chi connectivity index (χ2v) is 5.81. The smallest absolute Gasteiger partial charge is 0.191 e. The molecule has 0 heterocycles. The van der Waals surface area contributed by atoms with E-state index in [9.17, 15) is 5.11 Å². The van der Waals surface area contributed by atoms with Crippen molar-refractivity contribution in [1.29, 1.82) is 0 Å². The maximum absolute atomic E-state index is 10.6. The van der Waals surface area contributed by atoms with Crippen LogP contribution < -0.4 is 10.6 Å². The molecule has 6 nitrogen and oxygen atoms in total. The van der Waals surface area contributed by atoms with Crippen molar-refractivity contribution < 1.29 is 14.6 Å². The third-order valence-corrected chi connectivity index (χ3v) is 3.50. The molecule has 0 aliphatic heterocycles. The van der Waals surface area contributed by atoms with Crippen LogP contribution in [0.5, 0.6) is 0 Å². The monoisotopic (exact) mass is 331 g/mol. The normalized spacial score (nSPS) is 12.5. The Kier molecular flexibility index (Phi) is 14.2. The van der Waals surface area contributed by atoms with Crippen LogP contribution in [0.2, 0.25) is 0 Å². The first-order valence-corrected chi connectivity index (χ1v) is 8.93. The molecule has 23 heavy (non-hydrogen) atoms. The first kappa shape index (κ1) is 22.1. The van der Waals surface area contributed by atoms with Crippen molar-refractivity contribution in [2.24, 2.45) is 4.99 Å². The van der Waals surface area contributed by atoms with Gasteiger partial charge in [-0.2, -0.15) is 0 Å². The molecule has 3 N–H and O–H groups in total. The summed E-state index contributed by atoms with van der Waals surface area (Å²) >= 11 is 0. The van der Waals surface area contributed by atoms with Gasteiger partial charge in [0.25, 0.3) is 0 Å². The van der Waals surface area contributed by atoms with Crippen LogP contribution in [0.15, 0.2) is 4.99 Å². The van der Waals surface area contributed by atoms with Crippen molar-refractivity contribution in [3.63, 3.8) is 0 Å². The van der Waals surface area contributed by atoms with Crippen LogP contribution in [0.4, 0.5) is 0 Å². The maximum atomic E-state index is 10.6. The Morgan fingerprint density at radius 1 is 1.04 bits per heavy atom. The highest BCUT2D eigenvalue weighted by molar-refractivity contribution is 5.79. The van der Waals surface area contributed by atoms with Gasteiger partial charge in [0, 0.05) is 26.8 Å². The molecule has 0 fully saturated rings. The maximum Gasteiger partial charge on any atom is 0.191 e. The summed E-state index contributed by atoms with van der Waals surface area (Å²) in [7, 11) is 1.67. The predicted molar refractivity (Wildman–Crippen MR) is 96.1 cm³/mol. The molecule has 138 valence electrons. The molecule has 0 aromatic rings. The zero-order valence-electron chi connectivity index (χ0n) is 15.5. The minimum absolute atomic E-state index is 0.439. The van der Waals surface area contributed by atoms with Crippen molar-refractivity contribution in [3.05, 3.63) is 0 Å². The first-order chi connectivity index (χ1) is 11.1. The van der Waals surface area contributed by atoms with E-state index in [1.165, 1.54) is 0 Å². The number of hydrogen-bond acceptors (Lipinski definition) is 4. The number of rotatable bonds is 14. The van der Waals surface area contributed by atoms with Crippen LogP contribution in [0.3, 0.4) is 0 Å². The van der Waals surface area contributed by atoms with Crippen LogP contribution in [0.1, 0.15) is 52.9 Å². The van der Waals surface area contributed by atoms with Crippen LogP contribution in [0, 0.1) is 0 Å². The van der Waals surface area contributed by atoms with E-state index in [0.29, 0.717) is 26.4 Å². The second kappa shape index (κ2) is 14.7. The number of nitrogens with zero attached hydrogens (tertiary/aromatic N) is 1. The van der Waals surface area contributed by atoms with Gasteiger partial charge < -0.3 is 25.2 Å². The zero-order valence-corrected chi connectivity index (χ0v) is 15.5. The van der Waals surface area contributed by atoms with Crippen molar-refractivity contribution in [2.75, 3.05) is 46.6 Å². The fourth-order valence-corrected chi connectivity index (χ4v) is 2.41. The van der Waals surface area contributed by atoms with Crippen LogP contribution in [0.25, 0.3) is 0 Å². The quantitative estimate of drug-likeness (QED) is 0.258. The molecule has 6 heteroatoms. The van der Waals surface area contributed by atoms with Gasteiger partial charge in [-0.25, -0.2) is 0 Å². The van der Waals surface area contributed by atoms with Crippen molar-refractivity contribution >= 4 is 5.96 Å². The Labute approximate surface area is 142 Å². The number of aliphatic imine (C=N–C) groups is 1. The third-order valence-electron chi connectivity index (χ3n) is 3.50. The molecule has 0 radical (unpaired) electrons. The number of hydrogen-bond donors (Lipinski definition) is 3. The highest BCUT2D eigenvalue weighted by Crippen LogP contribution is 2.19. The summed E-state index contributed by atoms with van der Waals surface area (Å²) in [6, 6.07) is 0. The number of nitrogens with one attached hydrogen (secondary N) is 2.